The first-order chi connectivity index (χ1) is 19.7. The van der Waals surface area contributed by atoms with Gasteiger partial charge in [-0.05, 0) is 42.7 Å². The number of hydrogen-bond donors (Lipinski definition) is 1. The van der Waals surface area contributed by atoms with Gasteiger partial charge in [0.1, 0.15) is 30.4 Å². The lowest BCUT2D eigenvalue weighted by molar-refractivity contribution is 0.0756. The summed E-state index contributed by atoms with van der Waals surface area (Å²) < 4.78 is 37.0. The standard InChI is InChI=1S/C30H46FN5O4Si2/c1-30-16-20(30)13-22-25(17-30)36(19-39-10-12-42(6,7)8)34-26(22)28-33-24-15-21(40-29(37)32-2)14-23(31)27(24)35(28)18-38-9-11-41(3,4)5/h14-15,20H,9-13,16-19H2,1-8H3,(H,32,37)/t20-,30-/m1/s1. The third-order valence-corrected chi connectivity index (χ3v) is 12.0. The molecule has 2 atom stereocenters. The lowest BCUT2D eigenvalue weighted by Gasteiger charge is -2.20. The number of hydrogen-bond acceptors (Lipinski definition) is 6. The van der Waals surface area contributed by atoms with Crippen LogP contribution in [0.1, 0.15) is 24.6 Å². The van der Waals surface area contributed by atoms with Gasteiger partial charge in [0.25, 0.3) is 0 Å². The molecule has 1 N–H and O–H groups in total. The lowest BCUT2D eigenvalue weighted by atomic mass is 9.87. The predicted octanol–water partition coefficient (Wildman–Crippen LogP) is 6.51. The summed E-state index contributed by atoms with van der Waals surface area (Å²) in [5, 5.41) is 7.47. The smallest absolute Gasteiger partial charge is 0.410 e. The minimum absolute atomic E-state index is 0.0901. The fourth-order valence-electron chi connectivity index (χ4n) is 5.68. The molecule has 2 aliphatic rings. The predicted molar refractivity (Wildman–Crippen MR) is 168 cm³/mol. The number of aromatic nitrogens is 4. The van der Waals surface area contributed by atoms with E-state index in [9.17, 15) is 4.79 Å². The number of carbonyl (C=O) groups is 1. The van der Waals surface area contributed by atoms with E-state index in [2.05, 4.69) is 51.5 Å². The maximum absolute atomic E-state index is 15.7. The number of nitrogens with one attached hydrogen (secondary N) is 1. The van der Waals surface area contributed by atoms with E-state index in [1.807, 2.05) is 4.68 Å². The average molecular weight is 616 g/mol. The van der Waals surface area contributed by atoms with E-state index >= 15 is 4.39 Å². The van der Waals surface area contributed by atoms with Crippen LogP contribution in [0, 0.1) is 17.2 Å². The molecule has 0 unspecified atom stereocenters. The molecule has 2 aromatic heterocycles. The van der Waals surface area contributed by atoms with Gasteiger partial charge in [-0.3, -0.25) is 4.57 Å². The van der Waals surface area contributed by atoms with Crippen molar-refractivity contribution in [3.8, 4) is 17.3 Å². The maximum Gasteiger partial charge on any atom is 0.412 e. The first-order valence-corrected chi connectivity index (χ1v) is 22.4. The molecule has 2 aliphatic carbocycles. The van der Waals surface area contributed by atoms with Crippen LogP contribution in [0.25, 0.3) is 22.6 Å². The van der Waals surface area contributed by atoms with Crippen LogP contribution in [-0.4, -0.2) is 61.8 Å². The number of carbonyl (C=O) groups excluding carboxylic acids is 1. The SMILES string of the molecule is CNC(=O)Oc1cc(F)c2c(c1)nc(-c1nn(COCC[Si](C)(C)C)c3c1C[C@@H]1C[C@]1(C)C3)n2COCC[Si](C)(C)C. The highest BCUT2D eigenvalue weighted by Crippen LogP contribution is 2.60. The van der Waals surface area contributed by atoms with Gasteiger partial charge >= 0.3 is 6.09 Å². The number of nitrogens with zero attached hydrogens (tertiary/aromatic N) is 4. The minimum Gasteiger partial charge on any atom is -0.410 e. The molecule has 2 heterocycles. The zero-order valence-corrected chi connectivity index (χ0v) is 28.4. The van der Waals surface area contributed by atoms with Crippen molar-refractivity contribution in [1.82, 2.24) is 24.6 Å². The highest BCUT2D eigenvalue weighted by molar-refractivity contribution is 6.76. The van der Waals surface area contributed by atoms with E-state index in [1.54, 1.807) is 10.6 Å². The van der Waals surface area contributed by atoms with Crippen molar-refractivity contribution in [3.05, 3.63) is 29.2 Å². The Morgan fingerprint density at radius 1 is 1.10 bits per heavy atom. The summed E-state index contributed by atoms with van der Waals surface area (Å²) in [5.74, 6) is 0.740. The molecule has 0 aliphatic heterocycles. The second-order valence-electron chi connectivity index (χ2n) is 14.7. The van der Waals surface area contributed by atoms with E-state index in [0.29, 0.717) is 48.1 Å². The van der Waals surface area contributed by atoms with Crippen LogP contribution in [-0.2, 0) is 35.8 Å². The van der Waals surface area contributed by atoms with Gasteiger partial charge in [-0.15, -0.1) is 0 Å². The molecule has 0 bridgehead atoms. The Hall–Kier alpha value is -2.55. The van der Waals surface area contributed by atoms with Crippen molar-refractivity contribution >= 4 is 33.3 Å². The summed E-state index contributed by atoms with van der Waals surface area (Å²) in [5.41, 5.74) is 4.12. The van der Waals surface area contributed by atoms with Gasteiger partial charge in [0.05, 0.1) is 5.52 Å². The van der Waals surface area contributed by atoms with Crippen LogP contribution in [0.3, 0.4) is 0 Å². The first kappa shape index (κ1) is 30.9. The molecule has 0 radical (unpaired) electrons. The second kappa shape index (κ2) is 11.5. The monoisotopic (exact) mass is 615 g/mol. The Balaban J connectivity index is 1.54. The molecule has 42 heavy (non-hydrogen) atoms. The molecule has 0 spiro atoms. The Morgan fingerprint density at radius 3 is 2.40 bits per heavy atom. The normalized spacial score (nSPS) is 20.0. The van der Waals surface area contributed by atoms with Gasteiger partial charge in [-0.2, -0.15) is 5.10 Å². The Bertz CT molecular complexity index is 1480. The minimum atomic E-state index is -1.31. The van der Waals surface area contributed by atoms with E-state index < -0.39 is 28.1 Å². The van der Waals surface area contributed by atoms with Crippen molar-refractivity contribution in [1.29, 1.82) is 0 Å². The van der Waals surface area contributed by atoms with Crippen LogP contribution < -0.4 is 10.1 Å². The first-order valence-electron chi connectivity index (χ1n) is 15.0. The lowest BCUT2D eigenvalue weighted by Crippen LogP contribution is -2.23. The van der Waals surface area contributed by atoms with Crippen molar-refractivity contribution < 1.29 is 23.4 Å². The highest BCUT2D eigenvalue weighted by Gasteiger charge is 2.54. The van der Waals surface area contributed by atoms with Gasteiger partial charge in [0.2, 0.25) is 0 Å². The largest absolute Gasteiger partial charge is 0.412 e. The maximum atomic E-state index is 15.7. The molecule has 5 rings (SSSR count). The molecule has 9 nitrogen and oxygen atoms in total. The molecule has 1 saturated carbocycles. The van der Waals surface area contributed by atoms with Crippen molar-refractivity contribution in [2.45, 2.75) is 91.0 Å². The summed E-state index contributed by atoms with van der Waals surface area (Å²) in [4.78, 5) is 16.7. The molecule has 0 saturated heterocycles. The second-order valence-corrected chi connectivity index (χ2v) is 25.9. The fraction of sp³-hybridized carbons (Fsp3) is 0.633. The third-order valence-electron chi connectivity index (χ3n) is 8.55. The third kappa shape index (κ3) is 6.82. The number of rotatable bonds is 12. The zero-order chi connectivity index (χ0) is 30.4. The van der Waals surface area contributed by atoms with Crippen LogP contribution >= 0.6 is 0 Å². The van der Waals surface area contributed by atoms with Crippen LogP contribution in [0.5, 0.6) is 5.75 Å². The van der Waals surface area contributed by atoms with E-state index in [1.165, 1.54) is 30.8 Å². The molecule has 3 aromatic rings. The van der Waals surface area contributed by atoms with E-state index in [-0.39, 0.29) is 12.5 Å². The van der Waals surface area contributed by atoms with Gasteiger partial charge in [0.15, 0.2) is 11.6 Å². The summed E-state index contributed by atoms with van der Waals surface area (Å²) in [6, 6.07) is 4.91. The number of ether oxygens (including phenoxy) is 3. The molecular formula is C30H46FN5O4Si2. The molecule has 12 heteroatoms. The van der Waals surface area contributed by atoms with Crippen LogP contribution in [0.4, 0.5) is 9.18 Å². The van der Waals surface area contributed by atoms with Crippen LogP contribution in [0.15, 0.2) is 12.1 Å². The van der Waals surface area contributed by atoms with Crippen molar-refractivity contribution in [2.75, 3.05) is 20.3 Å². The number of amides is 1. The van der Waals surface area contributed by atoms with Crippen molar-refractivity contribution in [3.63, 3.8) is 0 Å². The van der Waals surface area contributed by atoms with E-state index in [4.69, 9.17) is 24.3 Å². The fourth-order valence-corrected chi connectivity index (χ4v) is 7.19. The summed E-state index contributed by atoms with van der Waals surface area (Å²) >= 11 is 0. The van der Waals surface area contributed by atoms with Crippen LogP contribution in [0.2, 0.25) is 51.4 Å². The van der Waals surface area contributed by atoms with E-state index in [0.717, 1.165) is 30.6 Å². The molecule has 230 valence electrons. The zero-order valence-electron chi connectivity index (χ0n) is 26.4. The quantitative estimate of drug-likeness (QED) is 0.185. The number of imidazole rings is 1. The van der Waals surface area contributed by atoms with Gasteiger partial charge in [0, 0.05) is 59.8 Å². The molecular weight excluding hydrogens is 570 g/mol. The molecule has 1 amide bonds. The van der Waals surface area contributed by atoms with Gasteiger partial charge in [-0.25, -0.2) is 18.9 Å². The molecule has 1 fully saturated rings. The average Bonchev–Trinajstić information content (AvgIpc) is 3.23. The Morgan fingerprint density at radius 2 is 1.76 bits per heavy atom. The number of benzene rings is 1. The summed E-state index contributed by atoms with van der Waals surface area (Å²) in [6.45, 7) is 18.1. The summed E-state index contributed by atoms with van der Waals surface area (Å²) in [7, 11) is -1.06. The number of fused-ring (bicyclic) bond motifs is 3. The number of halogens is 1. The highest BCUT2D eigenvalue weighted by atomic mass is 28.3. The van der Waals surface area contributed by atoms with Crippen molar-refractivity contribution in [2.24, 2.45) is 11.3 Å². The van der Waals surface area contributed by atoms with Gasteiger partial charge in [-0.1, -0.05) is 46.2 Å². The Labute approximate surface area is 250 Å². The van der Waals surface area contributed by atoms with Gasteiger partial charge < -0.3 is 19.5 Å². The Kier molecular flexibility index (Phi) is 8.47. The molecule has 1 aromatic carbocycles. The topological polar surface area (TPSA) is 92.4 Å². The summed E-state index contributed by atoms with van der Waals surface area (Å²) in [6.07, 6.45) is 2.40.